The number of hydrogen-bond acceptors (Lipinski definition) is 41. The highest BCUT2D eigenvalue weighted by molar-refractivity contribution is 7.99. The van der Waals surface area contributed by atoms with Crippen molar-refractivity contribution in [3.05, 3.63) is 0 Å². The maximum atomic E-state index is 13.0. The number of nitrogens with one attached hydrogen (secondary N) is 1. The lowest BCUT2D eigenvalue weighted by Gasteiger charge is -2.50. The number of thioether (sulfide) groups is 2. The molecule has 14 bridgehead atoms. The Bertz CT molecular complexity index is 2580. The molecule has 41 nitrogen and oxygen atoms in total. The first-order chi connectivity index (χ1) is 48.6. The molecule has 21 heterocycles. The number of Topliss-reactive ketones (excluding diaryl/α,β-unsaturated/α-hetero) is 2. The minimum absolute atomic E-state index is 0.0705. The summed E-state index contributed by atoms with van der Waals surface area (Å²) in [4.78, 5) is 48.7. The van der Waals surface area contributed by atoms with Gasteiger partial charge in [-0.05, 0) is 14.0 Å². The molecule has 21 saturated heterocycles. The van der Waals surface area contributed by atoms with E-state index in [1.165, 1.54) is 14.0 Å². The second-order valence-corrected chi connectivity index (χ2v) is 27.8. The Balaban J connectivity index is 1.07. The summed E-state index contributed by atoms with van der Waals surface area (Å²) in [5, 5.41) is 228. The van der Waals surface area contributed by atoms with Crippen molar-refractivity contribution < 1.29 is 197 Å². The maximum Gasteiger partial charge on any atom is 0.321 e. The van der Waals surface area contributed by atoms with Crippen molar-refractivity contribution in [2.75, 3.05) is 89.5 Å². The fourth-order valence-corrected chi connectivity index (χ4v) is 14.9. The Labute approximate surface area is 590 Å². The molecule has 21 aliphatic rings. The molecule has 0 spiro atoms. The van der Waals surface area contributed by atoms with Gasteiger partial charge >= 0.3 is 11.9 Å². The van der Waals surface area contributed by atoms with E-state index in [0.29, 0.717) is 0 Å². The number of carboxylic acids is 2. The van der Waals surface area contributed by atoms with Gasteiger partial charge in [0, 0.05) is 48.7 Å². The first-order valence-electron chi connectivity index (χ1n) is 33.1. The fourth-order valence-electron chi connectivity index (χ4n) is 12.6. The predicted octanol–water partition coefficient (Wildman–Crippen LogP) is -12.0. The van der Waals surface area contributed by atoms with Crippen LogP contribution in [0.2, 0.25) is 0 Å². The number of aliphatic carboxylic acids is 2. The molecule has 0 aliphatic carbocycles. The summed E-state index contributed by atoms with van der Waals surface area (Å²) in [6.07, 6.45) is -68.4. The molecular weight excluding hydrogens is 1430 g/mol. The number of likely N-dealkylation sites (N-methyl/N-ethyl adjacent to an activating group) is 1. The molecule has 14 unspecified atom stereocenters. The monoisotopic (exact) mass is 1520 g/mol. The lowest BCUT2D eigenvalue weighted by atomic mass is 9.95. The van der Waals surface area contributed by atoms with E-state index in [9.17, 15) is 121 Å². The predicted molar refractivity (Wildman–Crippen MR) is 330 cm³/mol. The highest BCUT2D eigenvalue weighted by Crippen LogP contribution is 2.40. The van der Waals surface area contributed by atoms with E-state index in [2.05, 4.69) is 5.32 Å². The molecule has 102 heavy (non-hydrogen) atoms. The van der Waals surface area contributed by atoms with Gasteiger partial charge in [-0.25, -0.2) is 0 Å². The SMILES string of the molecule is CN[C@H](CSCC1O[C@H]2O[C@H]3CC(O)[C@H](OC3CO)O[C@@H]3C(CO)O[C@H](O[C@@H]4C(CO)O[C@H](O[C@@H]5C(CSC[C@@H](CC(=O)CCOCCOCCC(C)=O)C(=O)O)O[C@H](O[C@@H]6C(CO)O[C@@H](O[C@@H]7C(CO)O[C@@H](O[C@H]1[C@H](O)C2O)C(O)[C@H]7O)C(O)[C@H]6O)C(O)[C@H]5O)C(O)[C@H]4O)C(O)[C@H]3O)C(=O)O. The number of carboxylic acid groups (broad SMARTS) is 2. The first kappa shape index (κ1) is 85.2. The van der Waals surface area contributed by atoms with E-state index in [0.717, 1.165) is 23.5 Å². The third kappa shape index (κ3) is 20.9. The van der Waals surface area contributed by atoms with Crippen LogP contribution >= 0.6 is 23.5 Å². The summed E-state index contributed by atoms with van der Waals surface area (Å²) in [5.74, 6) is -5.89. The average molecular weight is 1520 g/mol. The van der Waals surface area contributed by atoms with Crippen LogP contribution in [0.3, 0.4) is 0 Å². The molecule has 590 valence electrons. The standard InChI is InChI=1S/C59H97NO40S2/c1-20(66)3-5-85-7-8-86-6-4-22(67)9-21(51(81)82)16-101-18-31-49-38(74)44(80)59(94-31)98-48-30(15-65)90-56(41(77)34(48)70)97-47-29(14-64)92-58(43(79)36(47)72)100-50-32(19-102-17-23(60-2)52(83)84)93-54(39(75)37(50)73)87-25-10-24(68)53(88-26(25)11-61)95-45-27(12-62)89-55(40(76)33(45)69)96-46-28(13-63)91-57(99-49)42(78)35(46)71/h21,23-50,53-65,68-80H,3-19H2,1-2H3,(H,81,82)(H,83,84)/t21-,23-,24?,25+,26?,27?,28?,29?,30?,31?,32?,33-,34-,35-,36-,37-,38-,39?,40?,41?,42?,43?,44?,45-,46-,47-,48-,49-,50-,53-,54-,55-,56+,57-,58+,59-/m1/s1. The van der Waals surface area contributed by atoms with Gasteiger partial charge in [0.05, 0.1) is 83.7 Å². The van der Waals surface area contributed by atoms with Crippen molar-refractivity contribution in [3.8, 4) is 0 Å². The number of ether oxygens (including phenoxy) is 16. The molecule has 21 rings (SSSR count). The van der Waals surface area contributed by atoms with Crippen LogP contribution in [0.25, 0.3) is 0 Å². The molecule has 0 amide bonds. The van der Waals surface area contributed by atoms with Gasteiger partial charge in [-0.1, -0.05) is 0 Å². The van der Waals surface area contributed by atoms with Gasteiger partial charge in [-0.15, -0.1) is 0 Å². The topological polar surface area (TPSA) is 633 Å². The van der Waals surface area contributed by atoms with Crippen LogP contribution in [0, 0.1) is 5.92 Å². The van der Waals surface area contributed by atoms with Gasteiger partial charge in [0.2, 0.25) is 0 Å². The van der Waals surface area contributed by atoms with Gasteiger partial charge in [0.15, 0.2) is 44.0 Å². The third-order valence-corrected chi connectivity index (χ3v) is 20.8. The largest absolute Gasteiger partial charge is 0.481 e. The van der Waals surface area contributed by atoms with E-state index < -0.39 is 290 Å². The summed E-state index contributed by atoms with van der Waals surface area (Å²) in [6.45, 7) is -3.58. The molecule has 21 fully saturated rings. The zero-order valence-corrected chi connectivity index (χ0v) is 56.9. The number of carbonyl (C=O) groups is 4. The van der Waals surface area contributed by atoms with Crippen LogP contribution in [0.5, 0.6) is 0 Å². The molecule has 0 radical (unpaired) electrons. The summed E-state index contributed by atoms with van der Waals surface area (Å²) in [7, 11) is 1.37. The molecule has 0 aromatic rings. The van der Waals surface area contributed by atoms with Gasteiger partial charge in [-0.2, -0.15) is 23.5 Å². The highest BCUT2D eigenvalue weighted by Gasteiger charge is 2.59. The maximum absolute atomic E-state index is 13.0. The first-order valence-corrected chi connectivity index (χ1v) is 35.4. The summed E-state index contributed by atoms with van der Waals surface area (Å²) in [5.41, 5.74) is 0. The van der Waals surface area contributed by atoms with Crippen molar-refractivity contribution >= 4 is 47.0 Å². The van der Waals surface area contributed by atoms with Crippen molar-refractivity contribution in [1.82, 2.24) is 5.32 Å². The Hall–Kier alpha value is -2.42. The van der Waals surface area contributed by atoms with Crippen molar-refractivity contribution in [3.63, 3.8) is 0 Å². The van der Waals surface area contributed by atoms with Crippen LogP contribution in [0.15, 0.2) is 0 Å². The minimum Gasteiger partial charge on any atom is -0.481 e. The Morgan fingerprint density at radius 3 is 1.04 bits per heavy atom. The van der Waals surface area contributed by atoms with Gasteiger partial charge in [0.1, 0.15) is 164 Å². The zero-order chi connectivity index (χ0) is 74.5. The van der Waals surface area contributed by atoms with Crippen LogP contribution in [-0.4, -0.2) is 430 Å². The molecule has 0 aromatic heterocycles. The molecule has 36 atom stereocenters. The number of rotatable bonds is 27. The average Bonchev–Trinajstić information content (AvgIpc) is 0.780. The number of hydrogen-bond donors (Lipinski definition) is 21. The quantitative estimate of drug-likeness (QED) is 0.0340. The number of ketones is 2. The number of aliphatic hydroxyl groups is 18. The van der Waals surface area contributed by atoms with E-state index in [1.807, 2.05) is 0 Å². The molecule has 21 aliphatic heterocycles. The Morgan fingerprint density at radius 1 is 0.392 bits per heavy atom. The minimum atomic E-state index is -2.30. The molecular formula is C59H97NO40S2. The van der Waals surface area contributed by atoms with Crippen LogP contribution in [-0.2, 0) is 95.0 Å². The fraction of sp³-hybridized carbons (Fsp3) is 0.932. The summed E-state index contributed by atoms with van der Waals surface area (Å²) >= 11 is 1.72. The zero-order valence-electron chi connectivity index (χ0n) is 55.2. The molecule has 43 heteroatoms. The van der Waals surface area contributed by atoms with Crippen LogP contribution < -0.4 is 5.32 Å². The number of aliphatic hydroxyl groups excluding tert-OH is 18. The van der Waals surface area contributed by atoms with Gasteiger partial charge < -0.3 is 183 Å². The molecule has 0 aromatic carbocycles. The Morgan fingerprint density at radius 2 is 0.706 bits per heavy atom. The van der Waals surface area contributed by atoms with Crippen LogP contribution in [0.1, 0.15) is 32.6 Å². The highest BCUT2D eigenvalue weighted by atomic mass is 32.2. The van der Waals surface area contributed by atoms with Crippen molar-refractivity contribution in [1.29, 1.82) is 0 Å². The normalized spacial score (nSPS) is 44.5. The smallest absolute Gasteiger partial charge is 0.321 e. The second kappa shape index (κ2) is 39.8. The second-order valence-electron chi connectivity index (χ2n) is 25.6. The van der Waals surface area contributed by atoms with E-state index in [-0.39, 0.29) is 62.3 Å². The van der Waals surface area contributed by atoms with E-state index in [4.69, 9.17) is 75.8 Å². The van der Waals surface area contributed by atoms with Gasteiger partial charge in [-0.3, -0.25) is 19.2 Å². The van der Waals surface area contributed by atoms with Crippen molar-refractivity contribution in [2.45, 2.75) is 247 Å². The lowest BCUT2D eigenvalue weighted by Crippen LogP contribution is -2.68. The third-order valence-electron chi connectivity index (χ3n) is 18.4. The van der Waals surface area contributed by atoms with E-state index in [1.54, 1.807) is 0 Å². The summed E-state index contributed by atoms with van der Waals surface area (Å²) in [6, 6.07) is -1.15. The van der Waals surface area contributed by atoms with E-state index >= 15 is 0 Å². The summed E-state index contributed by atoms with van der Waals surface area (Å²) < 4.78 is 93.8. The molecule has 0 saturated carbocycles. The van der Waals surface area contributed by atoms with Crippen LogP contribution in [0.4, 0.5) is 0 Å². The van der Waals surface area contributed by atoms with Gasteiger partial charge in [0.25, 0.3) is 0 Å². The Kier molecular flexibility index (Phi) is 33.2. The lowest BCUT2D eigenvalue weighted by molar-refractivity contribution is -0.394. The van der Waals surface area contributed by atoms with Crippen molar-refractivity contribution in [2.24, 2.45) is 5.92 Å². The molecule has 21 N–H and O–H groups in total. The number of carbonyl (C=O) groups excluding carboxylic acids is 2.